The van der Waals surface area contributed by atoms with Crippen molar-refractivity contribution in [1.29, 1.82) is 0 Å². The molecule has 1 N–H and O–H groups in total. The Balaban J connectivity index is 2.00. The van der Waals surface area contributed by atoms with Gasteiger partial charge in [0.25, 0.3) is 5.91 Å². The molecule has 0 aromatic heterocycles. The average Bonchev–Trinajstić information content (AvgIpc) is 2.59. The van der Waals surface area contributed by atoms with Gasteiger partial charge in [0, 0.05) is 0 Å². The van der Waals surface area contributed by atoms with Crippen molar-refractivity contribution in [3.05, 3.63) is 59.9 Å². The predicted molar refractivity (Wildman–Crippen MR) is 91.6 cm³/mol. The van der Waals surface area contributed by atoms with Gasteiger partial charge in [0.2, 0.25) is 0 Å². The van der Waals surface area contributed by atoms with Crippen LogP contribution in [0.1, 0.15) is 20.8 Å². The van der Waals surface area contributed by atoms with Gasteiger partial charge in [-0.1, -0.05) is 6.07 Å². The maximum atomic E-state index is 13.6. The molecule has 0 saturated carbocycles. The van der Waals surface area contributed by atoms with Gasteiger partial charge in [0.05, 0.1) is 0 Å². The Kier molecular flexibility index (Phi) is 6.09. The molecule has 0 radical (unpaired) electrons. The summed E-state index contributed by atoms with van der Waals surface area (Å²) >= 11 is 0. The maximum Gasteiger partial charge on any atom is 0.350 e. The Morgan fingerprint density at radius 3 is 2.11 bits per heavy atom. The Bertz CT molecular complexity index is 817. The lowest BCUT2D eigenvalue weighted by Crippen LogP contribution is -2.43. The molecule has 0 bridgehead atoms. The number of halogens is 3. The highest BCUT2D eigenvalue weighted by molar-refractivity contribution is 5.95. The molecule has 0 unspecified atom stereocenters. The van der Waals surface area contributed by atoms with Crippen LogP contribution < -0.4 is 10.1 Å². The van der Waals surface area contributed by atoms with Gasteiger partial charge in [-0.25, -0.2) is 18.0 Å². The molecule has 2 rings (SSSR count). The Labute approximate surface area is 154 Å². The van der Waals surface area contributed by atoms with Gasteiger partial charge < -0.3 is 14.8 Å². The first-order valence-corrected chi connectivity index (χ1v) is 8.00. The van der Waals surface area contributed by atoms with Crippen LogP contribution in [-0.2, 0) is 14.3 Å². The van der Waals surface area contributed by atoms with Crippen LogP contribution in [0.2, 0.25) is 0 Å². The van der Waals surface area contributed by atoms with E-state index in [1.54, 1.807) is 0 Å². The zero-order valence-corrected chi connectivity index (χ0v) is 14.9. The molecule has 0 aliphatic carbocycles. The highest BCUT2D eigenvalue weighted by atomic mass is 19.1. The number of rotatable bonds is 6. The van der Waals surface area contributed by atoms with Crippen LogP contribution in [0.15, 0.2) is 42.5 Å². The van der Waals surface area contributed by atoms with Gasteiger partial charge in [-0.2, -0.15) is 0 Å². The van der Waals surface area contributed by atoms with E-state index in [4.69, 9.17) is 9.47 Å². The largest absolute Gasteiger partial charge is 0.476 e. The highest BCUT2D eigenvalue weighted by Crippen LogP contribution is 2.21. The van der Waals surface area contributed by atoms with Crippen LogP contribution in [0.25, 0.3) is 0 Å². The van der Waals surface area contributed by atoms with Crippen LogP contribution in [0.5, 0.6) is 5.75 Å². The van der Waals surface area contributed by atoms with Crippen LogP contribution in [0.4, 0.5) is 18.9 Å². The van der Waals surface area contributed by atoms with Crippen LogP contribution >= 0.6 is 0 Å². The Hall–Kier alpha value is -3.03. The highest BCUT2D eigenvalue weighted by Gasteiger charge is 2.34. The summed E-state index contributed by atoms with van der Waals surface area (Å²) in [6, 6.07) is 8.11. The number of carbonyl (C=O) groups is 2. The minimum absolute atomic E-state index is 0.226. The van der Waals surface area contributed by atoms with E-state index in [1.807, 2.05) is 5.32 Å². The second kappa shape index (κ2) is 8.11. The van der Waals surface area contributed by atoms with Crippen LogP contribution in [0, 0.1) is 17.5 Å². The molecule has 0 aliphatic heterocycles. The lowest BCUT2D eigenvalue weighted by molar-refractivity contribution is -0.166. The number of ether oxygens (including phenoxy) is 2. The quantitative estimate of drug-likeness (QED) is 0.773. The van der Waals surface area contributed by atoms with E-state index in [2.05, 4.69) is 0 Å². The number of benzene rings is 2. The number of hydrogen-bond donors (Lipinski definition) is 1. The summed E-state index contributed by atoms with van der Waals surface area (Å²) in [5.74, 6) is -3.95. The van der Waals surface area contributed by atoms with Gasteiger partial charge in [-0.3, -0.25) is 4.79 Å². The molecule has 0 aliphatic rings. The summed E-state index contributed by atoms with van der Waals surface area (Å²) < 4.78 is 50.6. The van der Waals surface area contributed by atoms with Crippen molar-refractivity contribution in [3.8, 4) is 5.75 Å². The molecule has 5 nitrogen and oxygen atoms in total. The third-order valence-corrected chi connectivity index (χ3v) is 3.54. The first kappa shape index (κ1) is 20.3. The van der Waals surface area contributed by atoms with Gasteiger partial charge in [-0.05, 0) is 57.2 Å². The zero-order chi connectivity index (χ0) is 20.2. The predicted octanol–water partition coefficient (Wildman–Crippen LogP) is 3.83. The summed E-state index contributed by atoms with van der Waals surface area (Å²) in [4.78, 5) is 24.4. The normalized spacial score (nSPS) is 12.2. The van der Waals surface area contributed by atoms with Crippen LogP contribution in [0.3, 0.4) is 0 Å². The van der Waals surface area contributed by atoms with Gasteiger partial charge in [-0.15, -0.1) is 0 Å². The van der Waals surface area contributed by atoms with E-state index in [1.165, 1.54) is 32.9 Å². The fourth-order valence-electron chi connectivity index (χ4n) is 2.04. The van der Waals surface area contributed by atoms with E-state index in [9.17, 15) is 22.8 Å². The summed E-state index contributed by atoms with van der Waals surface area (Å²) in [6.45, 7) is 4.06. The van der Waals surface area contributed by atoms with Crippen molar-refractivity contribution in [2.24, 2.45) is 0 Å². The summed E-state index contributed by atoms with van der Waals surface area (Å²) in [7, 11) is 0. The standard InChI is InChI=1S/C19H18F3NO4/c1-11(17(24)23-16-14(21)5-4-6-15(16)22)26-18(25)19(2,3)27-13-9-7-12(20)8-10-13/h4-11H,1-3H3,(H,23,24)/t11-/m1/s1. The average molecular weight is 381 g/mol. The summed E-state index contributed by atoms with van der Waals surface area (Å²) in [5, 5.41) is 2.04. The number of amides is 1. The van der Waals surface area contributed by atoms with Gasteiger partial charge >= 0.3 is 5.97 Å². The molecule has 27 heavy (non-hydrogen) atoms. The number of hydrogen-bond acceptors (Lipinski definition) is 4. The SMILES string of the molecule is C[C@@H](OC(=O)C(C)(C)Oc1ccc(F)cc1)C(=O)Nc1c(F)cccc1F. The van der Waals surface area contributed by atoms with E-state index < -0.39 is 46.7 Å². The zero-order valence-electron chi connectivity index (χ0n) is 14.9. The van der Waals surface area contributed by atoms with Gasteiger partial charge in [0.1, 0.15) is 28.9 Å². The fourth-order valence-corrected chi connectivity index (χ4v) is 2.04. The molecule has 0 fully saturated rings. The van der Waals surface area contributed by atoms with Crippen LogP contribution in [-0.4, -0.2) is 23.6 Å². The first-order chi connectivity index (χ1) is 12.6. The number of nitrogens with one attached hydrogen (secondary N) is 1. The van der Waals surface area contributed by atoms with Crippen molar-refractivity contribution in [2.75, 3.05) is 5.32 Å². The molecular weight excluding hydrogens is 363 g/mol. The molecule has 2 aromatic rings. The molecule has 0 heterocycles. The molecule has 144 valence electrons. The molecular formula is C19H18F3NO4. The third-order valence-electron chi connectivity index (χ3n) is 3.54. The number of esters is 1. The monoisotopic (exact) mass is 381 g/mol. The van der Waals surface area contributed by atoms with Crippen molar-refractivity contribution < 1.29 is 32.2 Å². The number of para-hydroxylation sites is 1. The summed E-state index contributed by atoms with van der Waals surface area (Å²) in [5.41, 5.74) is -2.12. The molecule has 0 saturated heterocycles. The minimum atomic E-state index is -1.49. The van der Waals surface area contributed by atoms with Crippen molar-refractivity contribution in [2.45, 2.75) is 32.5 Å². The van der Waals surface area contributed by atoms with E-state index in [0.717, 1.165) is 30.3 Å². The van der Waals surface area contributed by atoms with E-state index in [0.29, 0.717) is 0 Å². The molecule has 8 heteroatoms. The molecule has 1 amide bonds. The number of carbonyl (C=O) groups excluding carboxylic acids is 2. The third kappa shape index (κ3) is 5.22. The first-order valence-electron chi connectivity index (χ1n) is 8.00. The van der Waals surface area contributed by atoms with Gasteiger partial charge in [0.15, 0.2) is 11.7 Å². The number of anilines is 1. The topological polar surface area (TPSA) is 64.6 Å². The molecule has 0 spiro atoms. The van der Waals surface area contributed by atoms with Crippen molar-refractivity contribution in [3.63, 3.8) is 0 Å². The van der Waals surface area contributed by atoms with E-state index in [-0.39, 0.29) is 5.75 Å². The Morgan fingerprint density at radius 2 is 1.56 bits per heavy atom. The fraction of sp³-hybridized carbons (Fsp3) is 0.263. The summed E-state index contributed by atoms with van der Waals surface area (Å²) in [6.07, 6.45) is -1.34. The smallest absolute Gasteiger partial charge is 0.350 e. The lowest BCUT2D eigenvalue weighted by Gasteiger charge is -2.26. The lowest BCUT2D eigenvalue weighted by atomic mass is 10.1. The van der Waals surface area contributed by atoms with Crippen molar-refractivity contribution in [1.82, 2.24) is 0 Å². The van der Waals surface area contributed by atoms with Crippen molar-refractivity contribution >= 4 is 17.6 Å². The second-order valence-electron chi connectivity index (χ2n) is 6.20. The maximum absolute atomic E-state index is 13.6. The Morgan fingerprint density at radius 1 is 1.00 bits per heavy atom. The van der Waals surface area contributed by atoms with E-state index >= 15 is 0 Å². The molecule has 1 atom stereocenters. The minimum Gasteiger partial charge on any atom is -0.476 e. The molecule has 2 aromatic carbocycles. The second-order valence-corrected chi connectivity index (χ2v) is 6.20.